The fourth-order valence-corrected chi connectivity index (χ4v) is 2.77. The molecule has 0 aliphatic carbocycles. The Labute approximate surface area is 172 Å². The van der Waals surface area contributed by atoms with Crippen LogP contribution in [0.25, 0.3) is 17.4 Å². The molecule has 8 nitrogen and oxygen atoms in total. The number of nitro benzene ring substituents is 1. The molecule has 0 radical (unpaired) electrons. The second kappa shape index (κ2) is 8.75. The number of ether oxygens (including phenoxy) is 1. The van der Waals surface area contributed by atoms with Crippen molar-refractivity contribution in [2.45, 2.75) is 6.92 Å². The van der Waals surface area contributed by atoms with Crippen LogP contribution in [-0.4, -0.2) is 17.9 Å². The highest BCUT2D eigenvalue weighted by Crippen LogP contribution is 2.32. The van der Waals surface area contributed by atoms with E-state index in [2.05, 4.69) is 5.32 Å². The SMILES string of the molecule is COc1cccc(NC(=O)/C(C#N)=C/c2ccc(-c3ccc(C)cc3[N+](=O)[O-])o2)c1. The lowest BCUT2D eigenvalue weighted by molar-refractivity contribution is -0.384. The van der Waals surface area contributed by atoms with Gasteiger partial charge in [-0.3, -0.25) is 14.9 Å². The maximum Gasteiger partial charge on any atom is 0.280 e. The molecule has 2 aromatic carbocycles. The van der Waals surface area contributed by atoms with Crippen LogP contribution in [0.15, 0.2) is 64.6 Å². The standard InChI is InChI=1S/C22H17N3O5/c1-14-6-8-19(20(10-14)25(27)28)21-9-7-18(30-21)11-15(13-23)22(26)24-16-4-3-5-17(12-16)29-2/h3-12H,1-2H3,(H,24,26)/b15-11+. The summed E-state index contributed by atoms with van der Waals surface area (Å²) in [6.45, 7) is 1.76. The van der Waals surface area contributed by atoms with Crippen LogP contribution in [0.5, 0.6) is 5.75 Å². The average molecular weight is 403 g/mol. The third kappa shape index (κ3) is 4.54. The Bertz CT molecular complexity index is 1190. The van der Waals surface area contributed by atoms with Crippen molar-refractivity contribution in [3.05, 3.63) is 81.6 Å². The number of carbonyl (C=O) groups excluding carboxylic acids is 1. The Hall–Kier alpha value is -4.38. The highest BCUT2D eigenvalue weighted by molar-refractivity contribution is 6.09. The third-order valence-electron chi connectivity index (χ3n) is 4.22. The van der Waals surface area contributed by atoms with Gasteiger partial charge in [-0.2, -0.15) is 5.26 Å². The Morgan fingerprint density at radius 3 is 2.73 bits per heavy atom. The van der Waals surface area contributed by atoms with E-state index < -0.39 is 10.8 Å². The van der Waals surface area contributed by atoms with Gasteiger partial charge in [0.1, 0.15) is 28.9 Å². The molecule has 0 bridgehead atoms. The lowest BCUT2D eigenvalue weighted by atomic mass is 10.1. The highest BCUT2D eigenvalue weighted by atomic mass is 16.6. The number of aryl methyl sites for hydroxylation is 1. The van der Waals surface area contributed by atoms with Crippen LogP contribution in [0.4, 0.5) is 11.4 Å². The molecule has 3 aromatic rings. The van der Waals surface area contributed by atoms with Crippen molar-refractivity contribution in [2.24, 2.45) is 0 Å². The van der Waals surface area contributed by atoms with E-state index in [0.717, 1.165) is 5.56 Å². The molecule has 0 aliphatic rings. The summed E-state index contributed by atoms with van der Waals surface area (Å²) in [5.41, 5.74) is 1.26. The normalized spacial score (nSPS) is 10.9. The summed E-state index contributed by atoms with van der Waals surface area (Å²) in [5.74, 6) is 0.423. The van der Waals surface area contributed by atoms with Gasteiger partial charge < -0.3 is 14.5 Å². The second-order valence-electron chi connectivity index (χ2n) is 6.34. The maximum absolute atomic E-state index is 12.4. The van der Waals surface area contributed by atoms with Crippen LogP contribution >= 0.6 is 0 Å². The van der Waals surface area contributed by atoms with Gasteiger partial charge in [-0.15, -0.1) is 0 Å². The molecule has 1 heterocycles. The van der Waals surface area contributed by atoms with E-state index in [9.17, 15) is 20.2 Å². The summed E-state index contributed by atoms with van der Waals surface area (Å²) < 4.78 is 10.7. The van der Waals surface area contributed by atoms with Gasteiger partial charge in [0.25, 0.3) is 11.6 Å². The predicted molar refractivity (Wildman–Crippen MR) is 111 cm³/mol. The van der Waals surface area contributed by atoms with E-state index in [1.165, 1.54) is 25.3 Å². The number of benzene rings is 2. The highest BCUT2D eigenvalue weighted by Gasteiger charge is 2.18. The van der Waals surface area contributed by atoms with E-state index in [-0.39, 0.29) is 22.8 Å². The smallest absolute Gasteiger partial charge is 0.280 e. The van der Waals surface area contributed by atoms with Gasteiger partial charge in [0.2, 0.25) is 0 Å². The lowest BCUT2D eigenvalue weighted by Crippen LogP contribution is -2.13. The maximum atomic E-state index is 12.4. The summed E-state index contributed by atoms with van der Waals surface area (Å²) in [6, 6.07) is 16.4. The van der Waals surface area contributed by atoms with Gasteiger partial charge in [-0.1, -0.05) is 12.1 Å². The van der Waals surface area contributed by atoms with Crippen LogP contribution in [0.2, 0.25) is 0 Å². The second-order valence-corrected chi connectivity index (χ2v) is 6.34. The van der Waals surface area contributed by atoms with Gasteiger partial charge in [-0.25, -0.2) is 0 Å². The zero-order valence-electron chi connectivity index (χ0n) is 16.2. The van der Waals surface area contributed by atoms with Crippen molar-refractivity contribution in [3.8, 4) is 23.1 Å². The molecule has 150 valence electrons. The van der Waals surface area contributed by atoms with E-state index >= 15 is 0 Å². The Balaban J connectivity index is 1.86. The Morgan fingerprint density at radius 2 is 2.03 bits per heavy atom. The topological polar surface area (TPSA) is 118 Å². The number of rotatable bonds is 6. The molecule has 0 spiro atoms. The molecule has 0 unspecified atom stereocenters. The molecule has 0 saturated carbocycles. The summed E-state index contributed by atoms with van der Waals surface area (Å²) in [6.07, 6.45) is 1.28. The first-order valence-corrected chi connectivity index (χ1v) is 8.83. The minimum atomic E-state index is -0.620. The minimum absolute atomic E-state index is 0.0869. The molecule has 3 rings (SSSR count). The number of furan rings is 1. The van der Waals surface area contributed by atoms with Crippen LogP contribution in [0.3, 0.4) is 0 Å². The van der Waals surface area contributed by atoms with Crippen LogP contribution in [0, 0.1) is 28.4 Å². The summed E-state index contributed by atoms with van der Waals surface area (Å²) in [4.78, 5) is 23.3. The molecule has 0 atom stereocenters. The number of anilines is 1. The molecule has 1 aromatic heterocycles. The van der Waals surface area contributed by atoms with Gasteiger partial charge >= 0.3 is 0 Å². The molecular formula is C22H17N3O5. The van der Waals surface area contributed by atoms with Crippen LogP contribution < -0.4 is 10.1 Å². The van der Waals surface area contributed by atoms with Crippen molar-refractivity contribution >= 4 is 23.4 Å². The van der Waals surface area contributed by atoms with Gasteiger partial charge in [0.15, 0.2) is 0 Å². The van der Waals surface area contributed by atoms with Crippen molar-refractivity contribution in [3.63, 3.8) is 0 Å². The zero-order valence-corrected chi connectivity index (χ0v) is 16.2. The first-order valence-electron chi connectivity index (χ1n) is 8.83. The number of nitrogens with one attached hydrogen (secondary N) is 1. The number of amides is 1. The molecule has 0 saturated heterocycles. The molecule has 1 N–H and O–H groups in total. The van der Waals surface area contributed by atoms with Gasteiger partial charge in [0.05, 0.1) is 17.6 Å². The van der Waals surface area contributed by atoms with Crippen LogP contribution in [0.1, 0.15) is 11.3 Å². The molecule has 0 aliphatic heterocycles. The third-order valence-corrected chi connectivity index (χ3v) is 4.22. The summed E-state index contributed by atoms with van der Waals surface area (Å²) in [7, 11) is 1.51. The van der Waals surface area contributed by atoms with E-state index in [4.69, 9.17) is 9.15 Å². The quantitative estimate of drug-likeness (QED) is 0.275. The first-order chi connectivity index (χ1) is 14.4. The van der Waals surface area contributed by atoms with Gasteiger partial charge in [0, 0.05) is 23.9 Å². The number of hydrogen-bond acceptors (Lipinski definition) is 6. The summed E-state index contributed by atoms with van der Waals surface area (Å²) >= 11 is 0. The van der Waals surface area contributed by atoms with Crippen molar-refractivity contribution in [1.29, 1.82) is 5.26 Å². The average Bonchev–Trinajstić information content (AvgIpc) is 3.20. The number of methoxy groups -OCH3 is 1. The largest absolute Gasteiger partial charge is 0.497 e. The molecule has 8 heteroatoms. The van der Waals surface area contributed by atoms with E-state index in [1.54, 1.807) is 49.4 Å². The van der Waals surface area contributed by atoms with E-state index in [1.807, 2.05) is 6.07 Å². The fourth-order valence-electron chi connectivity index (χ4n) is 2.77. The number of nitrogens with zero attached hydrogens (tertiary/aromatic N) is 2. The number of hydrogen-bond donors (Lipinski definition) is 1. The molecule has 1 amide bonds. The number of carbonyl (C=O) groups is 1. The van der Waals surface area contributed by atoms with Crippen molar-refractivity contribution in [2.75, 3.05) is 12.4 Å². The Morgan fingerprint density at radius 1 is 1.23 bits per heavy atom. The lowest BCUT2D eigenvalue weighted by Gasteiger charge is -2.06. The minimum Gasteiger partial charge on any atom is -0.497 e. The molecular weight excluding hydrogens is 386 g/mol. The number of nitriles is 1. The van der Waals surface area contributed by atoms with Crippen LogP contribution in [-0.2, 0) is 4.79 Å². The predicted octanol–water partition coefficient (Wildman–Crippen LogP) is 4.72. The van der Waals surface area contributed by atoms with E-state index in [0.29, 0.717) is 17.0 Å². The monoisotopic (exact) mass is 403 g/mol. The number of nitro groups is 1. The first kappa shape index (κ1) is 20.4. The van der Waals surface area contributed by atoms with Crippen molar-refractivity contribution in [1.82, 2.24) is 0 Å². The zero-order chi connectivity index (χ0) is 21.7. The van der Waals surface area contributed by atoms with Gasteiger partial charge in [-0.05, 0) is 42.8 Å². The molecule has 30 heavy (non-hydrogen) atoms. The Kier molecular flexibility index (Phi) is 5.94. The van der Waals surface area contributed by atoms with Crippen molar-refractivity contribution < 1.29 is 18.9 Å². The fraction of sp³-hybridized carbons (Fsp3) is 0.0909. The molecule has 0 fully saturated rings. The summed E-state index contributed by atoms with van der Waals surface area (Å²) in [5, 5.41) is 23.3.